The van der Waals surface area contributed by atoms with Gasteiger partial charge in [0.1, 0.15) is 0 Å². The molecule has 0 saturated heterocycles. The van der Waals surface area contributed by atoms with Gasteiger partial charge in [0, 0.05) is 6.42 Å². The summed E-state index contributed by atoms with van der Waals surface area (Å²) < 4.78 is 0. The van der Waals surface area contributed by atoms with Gasteiger partial charge >= 0.3 is 0 Å². The lowest BCUT2D eigenvalue weighted by molar-refractivity contribution is -0.138. The fourth-order valence-electron chi connectivity index (χ4n) is 1.05. The van der Waals surface area contributed by atoms with Gasteiger partial charge in [-0.15, -0.1) is 0 Å². The topological polar surface area (TPSA) is 107 Å². The first-order chi connectivity index (χ1) is 7.06. The Morgan fingerprint density at radius 3 is 2.60 bits per heavy atom. The van der Waals surface area contributed by atoms with Crippen molar-refractivity contribution >= 4 is 11.8 Å². The van der Waals surface area contributed by atoms with E-state index in [4.69, 9.17) is 11.5 Å². The Balaban J connectivity index is 3.44. The normalized spacial score (nSPS) is 12.1. The Bertz CT molecular complexity index is 209. The van der Waals surface area contributed by atoms with Crippen molar-refractivity contribution in [2.45, 2.75) is 26.2 Å². The first-order valence-electron chi connectivity index (χ1n) is 4.95. The van der Waals surface area contributed by atoms with Crippen LogP contribution in [-0.2, 0) is 14.4 Å². The highest BCUT2D eigenvalue weighted by atomic mass is 16.7. The van der Waals surface area contributed by atoms with Gasteiger partial charge in [0.2, 0.25) is 11.8 Å². The van der Waals surface area contributed by atoms with Crippen molar-refractivity contribution in [2.24, 2.45) is 17.4 Å². The van der Waals surface area contributed by atoms with Gasteiger partial charge < -0.3 is 11.5 Å². The van der Waals surface area contributed by atoms with Gasteiger partial charge in [0.05, 0.1) is 0 Å². The lowest BCUT2D eigenvalue weighted by Crippen LogP contribution is -2.29. The van der Waals surface area contributed by atoms with E-state index in [1.807, 2.05) is 6.92 Å². The van der Waals surface area contributed by atoms with Crippen molar-refractivity contribution in [3.05, 3.63) is 0 Å². The predicted molar refractivity (Wildman–Crippen MR) is 55.4 cm³/mol. The molecule has 0 bridgehead atoms. The number of nitrogens with one attached hydrogen (secondary N) is 1. The van der Waals surface area contributed by atoms with Gasteiger partial charge in [-0.05, 0) is 25.3 Å². The molecule has 88 valence electrons. The summed E-state index contributed by atoms with van der Waals surface area (Å²) in [5.41, 5.74) is 12.3. The number of amides is 2. The molecule has 0 heterocycles. The maximum atomic E-state index is 11.1. The molecule has 0 aliphatic rings. The average Bonchev–Trinajstić information content (AvgIpc) is 2.14. The number of nitrogens with two attached hydrogens (primary N) is 2. The molecule has 0 aliphatic carbocycles. The van der Waals surface area contributed by atoms with Crippen LogP contribution in [0.5, 0.6) is 0 Å². The zero-order chi connectivity index (χ0) is 11.7. The number of carbonyl (C=O) groups excluding carboxylic acids is 2. The maximum Gasteiger partial charge on any atom is 0.246 e. The summed E-state index contributed by atoms with van der Waals surface area (Å²) in [4.78, 5) is 25.9. The highest BCUT2D eigenvalue weighted by molar-refractivity contribution is 5.76. The molecule has 0 radical (unpaired) electrons. The molecule has 5 N–H and O–H groups in total. The molecule has 6 nitrogen and oxygen atoms in total. The number of hydroxylamine groups is 1. The first kappa shape index (κ1) is 13.9. The third-order valence-electron chi connectivity index (χ3n) is 1.92. The SMILES string of the molecule is CC(CCN)CCC(=O)NOCC(N)=O. The quantitative estimate of drug-likeness (QED) is 0.466. The minimum atomic E-state index is -0.619. The largest absolute Gasteiger partial charge is 0.368 e. The summed E-state index contributed by atoms with van der Waals surface area (Å²) >= 11 is 0. The van der Waals surface area contributed by atoms with Crippen molar-refractivity contribution in [1.82, 2.24) is 5.48 Å². The lowest BCUT2D eigenvalue weighted by atomic mass is 10.0. The highest BCUT2D eigenvalue weighted by Crippen LogP contribution is 2.08. The van der Waals surface area contributed by atoms with Crippen LogP contribution in [0.3, 0.4) is 0 Å². The van der Waals surface area contributed by atoms with Gasteiger partial charge in [-0.3, -0.25) is 14.4 Å². The van der Waals surface area contributed by atoms with E-state index in [2.05, 4.69) is 10.3 Å². The molecule has 0 aromatic heterocycles. The molecule has 0 aromatic carbocycles. The molecule has 1 atom stereocenters. The van der Waals surface area contributed by atoms with E-state index >= 15 is 0 Å². The second kappa shape index (κ2) is 8.19. The summed E-state index contributed by atoms with van der Waals surface area (Å²) in [7, 11) is 0. The van der Waals surface area contributed by atoms with Crippen molar-refractivity contribution in [3.8, 4) is 0 Å². The van der Waals surface area contributed by atoms with Crippen molar-refractivity contribution < 1.29 is 14.4 Å². The van der Waals surface area contributed by atoms with Crippen LogP contribution < -0.4 is 16.9 Å². The Morgan fingerprint density at radius 1 is 1.40 bits per heavy atom. The van der Waals surface area contributed by atoms with E-state index in [0.717, 1.165) is 12.8 Å². The third-order valence-corrected chi connectivity index (χ3v) is 1.92. The Hall–Kier alpha value is -1.14. The standard InChI is InChI=1S/C9H19N3O3/c1-7(4-5-10)2-3-9(14)12-15-6-8(11)13/h7H,2-6,10H2,1H3,(H2,11,13)(H,12,14). The summed E-state index contributed by atoms with van der Waals surface area (Å²) in [5.74, 6) is -0.455. The average molecular weight is 217 g/mol. The molecule has 0 aromatic rings. The number of hydrogen-bond donors (Lipinski definition) is 3. The van der Waals surface area contributed by atoms with Gasteiger partial charge in [-0.25, -0.2) is 5.48 Å². The molecule has 0 fully saturated rings. The van der Waals surface area contributed by atoms with Crippen LogP contribution in [0.15, 0.2) is 0 Å². The van der Waals surface area contributed by atoms with E-state index in [-0.39, 0.29) is 12.5 Å². The molecule has 1 unspecified atom stereocenters. The fraction of sp³-hybridized carbons (Fsp3) is 0.778. The molecule has 0 aliphatic heterocycles. The summed E-state index contributed by atoms with van der Waals surface area (Å²) in [5, 5.41) is 0. The minimum Gasteiger partial charge on any atom is -0.368 e. The molecular formula is C9H19N3O3. The maximum absolute atomic E-state index is 11.1. The molecule has 15 heavy (non-hydrogen) atoms. The molecule has 0 rings (SSSR count). The van der Waals surface area contributed by atoms with E-state index in [1.165, 1.54) is 0 Å². The number of hydrogen-bond acceptors (Lipinski definition) is 4. The predicted octanol–water partition coefficient (Wildman–Crippen LogP) is -0.715. The Kier molecular flexibility index (Phi) is 7.57. The molecule has 6 heteroatoms. The van der Waals surface area contributed by atoms with E-state index in [0.29, 0.717) is 18.9 Å². The van der Waals surface area contributed by atoms with Crippen molar-refractivity contribution in [3.63, 3.8) is 0 Å². The Morgan fingerprint density at radius 2 is 2.07 bits per heavy atom. The van der Waals surface area contributed by atoms with Crippen LogP contribution in [0.25, 0.3) is 0 Å². The van der Waals surface area contributed by atoms with Crippen LogP contribution in [0.1, 0.15) is 26.2 Å². The Labute approximate surface area is 89.3 Å². The highest BCUT2D eigenvalue weighted by Gasteiger charge is 2.06. The summed E-state index contributed by atoms with van der Waals surface area (Å²) in [6.45, 7) is 2.36. The summed E-state index contributed by atoms with van der Waals surface area (Å²) in [6.07, 6.45) is 2.01. The van der Waals surface area contributed by atoms with E-state index in [1.54, 1.807) is 0 Å². The lowest BCUT2D eigenvalue weighted by Gasteiger charge is -2.09. The van der Waals surface area contributed by atoms with Gasteiger partial charge in [0.25, 0.3) is 0 Å². The number of primary amides is 1. The van der Waals surface area contributed by atoms with E-state index < -0.39 is 5.91 Å². The second-order valence-corrected chi connectivity index (χ2v) is 3.50. The number of carbonyl (C=O) groups is 2. The molecular weight excluding hydrogens is 198 g/mol. The van der Waals surface area contributed by atoms with Crippen LogP contribution in [0.4, 0.5) is 0 Å². The summed E-state index contributed by atoms with van der Waals surface area (Å²) in [6, 6.07) is 0. The van der Waals surface area contributed by atoms with Crippen LogP contribution in [-0.4, -0.2) is 25.0 Å². The van der Waals surface area contributed by atoms with Crippen LogP contribution in [0.2, 0.25) is 0 Å². The number of rotatable bonds is 8. The monoisotopic (exact) mass is 217 g/mol. The molecule has 0 spiro atoms. The van der Waals surface area contributed by atoms with Gasteiger partial charge in [-0.1, -0.05) is 6.92 Å². The minimum absolute atomic E-state index is 0.250. The van der Waals surface area contributed by atoms with Gasteiger partial charge in [-0.2, -0.15) is 0 Å². The fourth-order valence-corrected chi connectivity index (χ4v) is 1.05. The zero-order valence-corrected chi connectivity index (χ0v) is 8.99. The van der Waals surface area contributed by atoms with Crippen molar-refractivity contribution in [1.29, 1.82) is 0 Å². The van der Waals surface area contributed by atoms with Crippen LogP contribution >= 0.6 is 0 Å². The van der Waals surface area contributed by atoms with E-state index in [9.17, 15) is 9.59 Å². The van der Waals surface area contributed by atoms with Gasteiger partial charge in [0.15, 0.2) is 6.61 Å². The third kappa shape index (κ3) is 9.17. The second-order valence-electron chi connectivity index (χ2n) is 3.50. The molecule has 2 amide bonds. The first-order valence-corrected chi connectivity index (χ1v) is 4.95. The van der Waals surface area contributed by atoms with Crippen molar-refractivity contribution in [2.75, 3.05) is 13.2 Å². The molecule has 0 saturated carbocycles. The van der Waals surface area contributed by atoms with Crippen LogP contribution in [0, 0.1) is 5.92 Å². The zero-order valence-electron chi connectivity index (χ0n) is 8.99. The smallest absolute Gasteiger partial charge is 0.246 e.